The number of nitrogens with zero attached hydrogens (tertiary/aromatic N) is 5. The minimum Gasteiger partial charge on any atom is -0.368 e. The second kappa shape index (κ2) is 4.54. The van der Waals surface area contributed by atoms with E-state index < -0.39 is 0 Å². The zero-order valence-corrected chi connectivity index (χ0v) is 11.5. The Hall–Kier alpha value is -2.44. The quantitative estimate of drug-likeness (QED) is 0.806. The van der Waals surface area contributed by atoms with Gasteiger partial charge in [-0.25, -0.2) is 9.97 Å². The minimum atomic E-state index is 0.0973. The molecule has 2 bridgehead atoms. The van der Waals surface area contributed by atoms with Crippen molar-refractivity contribution in [2.75, 3.05) is 23.7 Å². The van der Waals surface area contributed by atoms with Crippen LogP contribution in [0.25, 0.3) is 0 Å². The van der Waals surface area contributed by atoms with Crippen molar-refractivity contribution in [3.8, 4) is 0 Å². The number of pyridine rings is 1. The number of aromatic nitrogens is 4. The molecule has 4 rings (SSSR count). The predicted octanol–water partition coefficient (Wildman–Crippen LogP) is 0.239. The third-order valence-electron chi connectivity index (χ3n) is 4.34. The van der Waals surface area contributed by atoms with Gasteiger partial charge in [-0.05, 0) is 18.4 Å². The standard InChI is InChI=1S/C14H16N6O/c15-13-16-8-17-14(18-13)19-5-9-4-10(7-19)11-2-1-3-12(21)20(11)6-9/h1-3,8-10H,4-7H2,(H2,15,16,17,18)/t9-,10+/m1/s1. The number of anilines is 2. The summed E-state index contributed by atoms with van der Waals surface area (Å²) in [6, 6.07) is 5.52. The minimum absolute atomic E-state index is 0.0973. The Kier molecular flexibility index (Phi) is 2.66. The first kappa shape index (κ1) is 12.3. The molecule has 2 aromatic heterocycles. The highest BCUT2D eigenvalue weighted by Crippen LogP contribution is 2.35. The normalized spacial score (nSPS) is 23.7. The Bertz CT molecular complexity index is 742. The molecule has 2 aliphatic heterocycles. The molecule has 2 aliphatic rings. The average Bonchev–Trinajstić information content (AvgIpc) is 2.48. The Balaban J connectivity index is 1.70. The zero-order valence-electron chi connectivity index (χ0n) is 11.5. The lowest BCUT2D eigenvalue weighted by Crippen LogP contribution is -2.47. The highest BCUT2D eigenvalue weighted by molar-refractivity contribution is 5.36. The maximum absolute atomic E-state index is 12.0. The van der Waals surface area contributed by atoms with Gasteiger partial charge in [0.2, 0.25) is 11.9 Å². The lowest BCUT2D eigenvalue weighted by atomic mass is 9.83. The molecule has 0 unspecified atom stereocenters. The van der Waals surface area contributed by atoms with E-state index in [0.29, 0.717) is 17.8 Å². The second-order valence-electron chi connectivity index (χ2n) is 5.75. The summed E-state index contributed by atoms with van der Waals surface area (Å²) in [5, 5.41) is 0. The summed E-state index contributed by atoms with van der Waals surface area (Å²) in [5.41, 5.74) is 6.86. The molecule has 0 spiro atoms. The van der Waals surface area contributed by atoms with Crippen LogP contribution in [0.15, 0.2) is 29.3 Å². The van der Waals surface area contributed by atoms with Crippen LogP contribution in [0.3, 0.4) is 0 Å². The van der Waals surface area contributed by atoms with E-state index >= 15 is 0 Å². The molecule has 7 nitrogen and oxygen atoms in total. The van der Waals surface area contributed by atoms with Crippen LogP contribution >= 0.6 is 0 Å². The molecule has 2 aromatic rings. The number of fused-ring (bicyclic) bond motifs is 4. The SMILES string of the molecule is Nc1ncnc(N2C[C@H]3C[C@@H](C2)c2cccc(=O)n2C3)n1. The third kappa shape index (κ3) is 2.05. The van der Waals surface area contributed by atoms with Crippen LogP contribution in [0.2, 0.25) is 0 Å². The molecule has 0 aromatic carbocycles. The molecule has 0 aliphatic carbocycles. The summed E-state index contributed by atoms with van der Waals surface area (Å²) >= 11 is 0. The van der Waals surface area contributed by atoms with Crippen molar-refractivity contribution < 1.29 is 0 Å². The van der Waals surface area contributed by atoms with E-state index in [4.69, 9.17) is 5.73 Å². The van der Waals surface area contributed by atoms with Crippen molar-refractivity contribution in [1.29, 1.82) is 0 Å². The van der Waals surface area contributed by atoms with Gasteiger partial charge in [-0.1, -0.05) is 6.07 Å². The topological polar surface area (TPSA) is 89.9 Å². The zero-order chi connectivity index (χ0) is 14.4. The maximum Gasteiger partial charge on any atom is 0.250 e. The van der Waals surface area contributed by atoms with Gasteiger partial charge in [-0.2, -0.15) is 4.98 Å². The van der Waals surface area contributed by atoms with E-state index in [1.54, 1.807) is 6.07 Å². The number of nitrogens with two attached hydrogens (primary N) is 1. The number of hydrogen-bond donors (Lipinski definition) is 1. The second-order valence-corrected chi connectivity index (χ2v) is 5.75. The van der Waals surface area contributed by atoms with Crippen molar-refractivity contribution in [2.24, 2.45) is 5.92 Å². The molecule has 108 valence electrons. The average molecular weight is 284 g/mol. The molecule has 4 heterocycles. The summed E-state index contributed by atoms with van der Waals surface area (Å²) in [6.07, 6.45) is 2.56. The van der Waals surface area contributed by atoms with Crippen LogP contribution in [0.4, 0.5) is 11.9 Å². The molecule has 0 radical (unpaired) electrons. The maximum atomic E-state index is 12.0. The Morgan fingerprint density at radius 3 is 2.95 bits per heavy atom. The van der Waals surface area contributed by atoms with Gasteiger partial charge in [0.25, 0.3) is 5.56 Å². The van der Waals surface area contributed by atoms with Gasteiger partial charge in [0.05, 0.1) is 0 Å². The van der Waals surface area contributed by atoms with E-state index in [9.17, 15) is 4.79 Å². The Morgan fingerprint density at radius 2 is 2.10 bits per heavy atom. The van der Waals surface area contributed by atoms with Gasteiger partial charge in [0.15, 0.2) is 0 Å². The van der Waals surface area contributed by atoms with Crippen LogP contribution in [-0.2, 0) is 6.54 Å². The van der Waals surface area contributed by atoms with E-state index in [2.05, 4.69) is 19.9 Å². The van der Waals surface area contributed by atoms with Gasteiger partial charge in [-0.15, -0.1) is 0 Å². The Labute approximate surface area is 121 Å². The van der Waals surface area contributed by atoms with Gasteiger partial charge < -0.3 is 15.2 Å². The molecule has 2 N–H and O–H groups in total. The van der Waals surface area contributed by atoms with Gasteiger partial charge in [0.1, 0.15) is 6.33 Å². The van der Waals surface area contributed by atoms with E-state index in [1.165, 1.54) is 6.33 Å². The highest BCUT2D eigenvalue weighted by Gasteiger charge is 2.35. The third-order valence-corrected chi connectivity index (χ3v) is 4.34. The molecule has 2 atom stereocenters. The van der Waals surface area contributed by atoms with Crippen molar-refractivity contribution in [1.82, 2.24) is 19.5 Å². The van der Waals surface area contributed by atoms with Crippen LogP contribution < -0.4 is 16.2 Å². The van der Waals surface area contributed by atoms with E-state index in [0.717, 1.165) is 31.7 Å². The summed E-state index contributed by atoms with van der Waals surface area (Å²) in [6.45, 7) is 2.42. The Morgan fingerprint density at radius 1 is 1.19 bits per heavy atom. The highest BCUT2D eigenvalue weighted by atomic mass is 16.1. The van der Waals surface area contributed by atoms with E-state index in [1.807, 2.05) is 16.7 Å². The smallest absolute Gasteiger partial charge is 0.250 e. The molecular weight excluding hydrogens is 268 g/mol. The van der Waals surface area contributed by atoms with E-state index in [-0.39, 0.29) is 11.5 Å². The monoisotopic (exact) mass is 284 g/mol. The molecule has 0 saturated carbocycles. The number of nitrogen functional groups attached to an aromatic ring is 1. The first-order chi connectivity index (χ1) is 10.2. The summed E-state index contributed by atoms with van der Waals surface area (Å²) in [5.74, 6) is 1.65. The first-order valence-corrected chi connectivity index (χ1v) is 7.10. The summed E-state index contributed by atoms with van der Waals surface area (Å²) < 4.78 is 1.91. The van der Waals surface area contributed by atoms with Crippen LogP contribution in [0.5, 0.6) is 0 Å². The van der Waals surface area contributed by atoms with Crippen molar-refractivity contribution >= 4 is 11.9 Å². The van der Waals surface area contributed by atoms with Crippen LogP contribution in [0.1, 0.15) is 18.0 Å². The van der Waals surface area contributed by atoms with Gasteiger partial charge in [-0.3, -0.25) is 4.79 Å². The predicted molar refractivity (Wildman–Crippen MR) is 78.0 cm³/mol. The fourth-order valence-corrected chi connectivity index (χ4v) is 3.51. The lowest BCUT2D eigenvalue weighted by Gasteiger charge is -2.42. The van der Waals surface area contributed by atoms with Gasteiger partial charge in [0, 0.05) is 37.3 Å². The van der Waals surface area contributed by atoms with Crippen molar-refractivity contribution in [3.05, 3.63) is 40.6 Å². The molecular formula is C14H16N6O. The van der Waals surface area contributed by atoms with Crippen molar-refractivity contribution in [2.45, 2.75) is 18.9 Å². The first-order valence-electron chi connectivity index (χ1n) is 7.10. The summed E-state index contributed by atoms with van der Waals surface area (Å²) in [4.78, 5) is 26.4. The molecule has 7 heteroatoms. The molecule has 0 amide bonds. The fraction of sp³-hybridized carbons (Fsp3) is 0.429. The molecule has 1 fully saturated rings. The molecule has 1 saturated heterocycles. The number of piperidine rings is 1. The summed E-state index contributed by atoms with van der Waals surface area (Å²) in [7, 11) is 0. The van der Waals surface area contributed by atoms with Crippen molar-refractivity contribution in [3.63, 3.8) is 0 Å². The van der Waals surface area contributed by atoms with Crippen LogP contribution in [-0.4, -0.2) is 32.6 Å². The lowest BCUT2D eigenvalue weighted by molar-refractivity contribution is 0.279. The number of rotatable bonds is 1. The van der Waals surface area contributed by atoms with Crippen LogP contribution in [0, 0.1) is 5.92 Å². The number of hydrogen-bond acceptors (Lipinski definition) is 6. The van der Waals surface area contributed by atoms with Gasteiger partial charge >= 0.3 is 0 Å². The fourth-order valence-electron chi connectivity index (χ4n) is 3.51. The largest absolute Gasteiger partial charge is 0.368 e. The molecule has 21 heavy (non-hydrogen) atoms.